The van der Waals surface area contributed by atoms with Crippen LogP contribution in [0.3, 0.4) is 0 Å². The first-order valence-electron chi connectivity index (χ1n) is 9.61. The molecule has 0 aliphatic carbocycles. The Morgan fingerprint density at radius 3 is 2.84 bits per heavy atom. The molecule has 0 unspecified atom stereocenters. The van der Waals surface area contributed by atoms with Crippen molar-refractivity contribution in [3.05, 3.63) is 92.5 Å². The number of carbonyl (C=O) groups is 1. The molecule has 0 bridgehead atoms. The molecular weight excluding hydrogens is 402 g/mol. The number of fused-ring (bicyclic) bond motifs is 1. The van der Waals surface area contributed by atoms with Crippen LogP contribution < -0.4 is 20.4 Å². The third kappa shape index (κ3) is 4.72. The van der Waals surface area contributed by atoms with Gasteiger partial charge in [-0.1, -0.05) is 24.3 Å². The van der Waals surface area contributed by atoms with Crippen LogP contribution in [0.15, 0.2) is 70.1 Å². The molecule has 0 fully saturated rings. The quantitative estimate of drug-likeness (QED) is 0.460. The van der Waals surface area contributed by atoms with Gasteiger partial charge in [-0.15, -0.1) is 0 Å². The minimum Gasteiger partial charge on any atom is -0.477 e. The van der Waals surface area contributed by atoms with E-state index in [0.717, 1.165) is 18.7 Å². The average Bonchev–Trinajstić information content (AvgIpc) is 3.16. The van der Waals surface area contributed by atoms with Crippen LogP contribution in [0.2, 0.25) is 0 Å². The van der Waals surface area contributed by atoms with E-state index in [-0.39, 0.29) is 17.1 Å². The van der Waals surface area contributed by atoms with Crippen LogP contribution in [0.4, 0.5) is 17.1 Å². The number of nitrogens with zero attached hydrogens (tertiary/aromatic N) is 2. The minimum atomic E-state index is -0.558. The van der Waals surface area contributed by atoms with E-state index in [2.05, 4.69) is 16.3 Å². The van der Waals surface area contributed by atoms with Crippen molar-refractivity contribution in [2.45, 2.75) is 13.0 Å². The van der Waals surface area contributed by atoms with Gasteiger partial charge in [0.1, 0.15) is 12.0 Å². The van der Waals surface area contributed by atoms with Crippen LogP contribution in [0.1, 0.15) is 11.3 Å². The van der Waals surface area contributed by atoms with Gasteiger partial charge >= 0.3 is 0 Å². The molecule has 1 aliphatic rings. The van der Waals surface area contributed by atoms with Gasteiger partial charge in [-0.05, 0) is 24.1 Å². The summed E-state index contributed by atoms with van der Waals surface area (Å²) in [6, 6.07) is 15.0. The number of ether oxygens (including phenoxy) is 1. The molecule has 31 heavy (non-hydrogen) atoms. The summed E-state index contributed by atoms with van der Waals surface area (Å²) >= 11 is 0. The number of hydrogen-bond acceptors (Lipinski definition) is 7. The van der Waals surface area contributed by atoms with Crippen molar-refractivity contribution < 1.29 is 18.9 Å². The number of non-ortho nitro benzene ring substituents is 1. The second-order valence-electron chi connectivity index (χ2n) is 7.02. The van der Waals surface area contributed by atoms with Crippen LogP contribution in [0.25, 0.3) is 0 Å². The Morgan fingerprint density at radius 2 is 2.03 bits per heavy atom. The zero-order valence-corrected chi connectivity index (χ0v) is 16.4. The Bertz CT molecular complexity index is 1190. The van der Waals surface area contributed by atoms with Crippen molar-refractivity contribution in [3.63, 3.8) is 0 Å². The number of rotatable bonds is 7. The first-order valence-corrected chi connectivity index (χ1v) is 9.61. The largest absolute Gasteiger partial charge is 0.477 e. The summed E-state index contributed by atoms with van der Waals surface area (Å²) in [5.41, 5.74) is 2.12. The maximum absolute atomic E-state index is 12.3. The number of benzene rings is 2. The van der Waals surface area contributed by atoms with Crippen molar-refractivity contribution >= 4 is 23.0 Å². The van der Waals surface area contributed by atoms with Gasteiger partial charge in [-0.25, -0.2) is 0 Å². The number of nitro groups is 1. The van der Waals surface area contributed by atoms with Gasteiger partial charge in [0, 0.05) is 36.1 Å². The molecule has 2 heterocycles. The zero-order valence-electron chi connectivity index (χ0n) is 16.4. The molecule has 0 spiro atoms. The fraction of sp³-hybridized carbons (Fsp3) is 0.182. The number of nitrogens with one attached hydrogen (secondary N) is 1. The predicted molar refractivity (Wildman–Crippen MR) is 113 cm³/mol. The number of anilines is 2. The maximum Gasteiger partial charge on any atom is 0.271 e. The molecule has 0 saturated carbocycles. The van der Waals surface area contributed by atoms with Gasteiger partial charge in [0.25, 0.3) is 11.6 Å². The molecule has 2 aromatic carbocycles. The summed E-state index contributed by atoms with van der Waals surface area (Å²) < 4.78 is 10.8. The summed E-state index contributed by atoms with van der Waals surface area (Å²) in [4.78, 5) is 36.8. The number of carbonyl (C=O) groups excluding carboxylic acids is 1. The van der Waals surface area contributed by atoms with Crippen LogP contribution in [-0.4, -0.2) is 24.0 Å². The molecule has 1 aromatic heterocycles. The fourth-order valence-electron chi connectivity index (χ4n) is 3.42. The normalized spacial score (nSPS) is 12.3. The predicted octanol–water partition coefficient (Wildman–Crippen LogP) is 3.13. The summed E-state index contributed by atoms with van der Waals surface area (Å²) in [5, 5.41) is 13.3. The van der Waals surface area contributed by atoms with Crippen molar-refractivity contribution in [1.82, 2.24) is 0 Å². The molecule has 1 amide bonds. The lowest BCUT2D eigenvalue weighted by Gasteiger charge is -2.18. The lowest BCUT2D eigenvalue weighted by Crippen LogP contribution is -2.23. The van der Waals surface area contributed by atoms with Gasteiger partial charge in [0.2, 0.25) is 11.2 Å². The van der Waals surface area contributed by atoms with E-state index < -0.39 is 22.9 Å². The Morgan fingerprint density at radius 1 is 1.19 bits per heavy atom. The highest BCUT2D eigenvalue weighted by atomic mass is 16.6. The van der Waals surface area contributed by atoms with E-state index >= 15 is 0 Å². The average molecular weight is 421 g/mol. The summed E-state index contributed by atoms with van der Waals surface area (Å²) in [7, 11) is 0. The third-order valence-corrected chi connectivity index (χ3v) is 4.88. The van der Waals surface area contributed by atoms with Gasteiger partial charge in [-0.2, -0.15) is 0 Å². The maximum atomic E-state index is 12.3. The molecule has 0 saturated heterocycles. The second kappa shape index (κ2) is 8.70. The van der Waals surface area contributed by atoms with E-state index in [1.807, 2.05) is 18.2 Å². The first kappa shape index (κ1) is 20.1. The van der Waals surface area contributed by atoms with E-state index in [9.17, 15) is 19.7 Å². The standard InChI is InChI=1S/C22H19N3O6/c26-20-11-18(12-24-9-8-15-4-1-2-7-19(15)24)30-13-21(20)31-14-22(27)23-16-5-3-6-17(10-16)25(28)29/h1-7,10-11,13H,8-9,12,14H2,(H,23,27). The van der Waals surface area contributed by atoms with E-state index in [1.165, 1.54) is 42.2 Å². The lowest BCUT2D eigenvalue weighted by molar-refractivity contribution is -0.384. The molecule has 158 valence electrons. The molecule has 1 N–H and O–H groups in total. The molecule has 0 atom stereocenters. The molecule has 9 nitrogen and oxygen atoms in total. The van der Waals surface area contributed by atoms with Gasteiger partial charge in [-0.3, -0.25) is 19.7 Å². The third-order valence-electron chi connectivity index (χ3n) is 4.88. The number of para-hydroxylation sites is 1. The highest BCUT2D eigenvalue weighted by molar-refractivity contribution is 5.92. The monoisotopic (exact) mass is 421 g/mol. The zero-order chi connectivity index (χ0) is 21.8. The SMILES string of the molecule is O=C(COc1coc(CN2CCc3ccccc32)cc1=O)Nc1cccc([N+](=O)[O-])c1. The topological polar surface area (TPSA) is 115 Å². The summed E-state index contributed by atoms with van der Waals surface area (Å²) in [5.74, 6) is -0.146. The molecule has 0 radical (unpaired) electrons. The van der Waals surface area contributed by atoms with E-state index in [0.29, 0.717) is 12.3 Å². The lowest BCUT2D eigenvalue weighted by atomic mass is 10.2. The van der Waals surface area contributed by atoms with Crippen molar-refractivity contribution in [3.8, 4) is 5.75 Å². The van der Waals surface area contributed by atoms with Gasteiger partial charge in [0.15, 0.2) is 6.61 Å². The fourth-order valence-corrected chi connectivity index (χ4v) is 3.42. The van der Waals surface area contributed by atoms with E-state index in [1.54, 1.807) is 0 Å². The Balaban J connectivity index is 1.35. The molecule has 3 aromatic rings. The molecule has 9 heteroatoms. The highest BCUT2D eigenvalue weighted by Crippen LogP contribution is 2.28. The van der Waals surface area contributed by atoms with Gasteiger partial charge in [0.05, 0.1) is 11.5 Å². The number of nitro benzene ring substituents is 1. The Kier molecular flexibility index (Phi) is 5.65. The molecule has 1 aliphatic heterocycles. The Hall–Kier alpha value is -4.14. The minimum absolute atomic E-state index is 0.0836. The number of amides is 1. The first-order chi connectivity index (χ1) is 15.0. The van der Waals surface area contributed by atoms with Crippen molar-refractivity contribution in [2.24, 2.45) is 0 Å². The highest BCUT2D eigenvalue weighted by Gasteiger charge is 2.19. The van der Waals surface area contributed by atoms with Crippen LogP contribution in [0, 0.1) is 10.1 Å². The van der Waals surface area contributed by atoms with Gasteiger partial charge < -0.3 is 19.4 Å². The van der Waals surface area contributed by atoms with E-state index in [4.69, 9.17) is 9.15 Å². The Labute approximate surface area is 177 Å². The smallest absolute Gasteiger partial charge is 0.271 e. The summed E-state index contributed by atoms with van der Waals surface area (Å²) in [6.45, 7) is 0.866. The van der Waals surface area contributed by atoms with Crippen molar-refractivity contribution in [2.75, 3.05) is 23.4 Å². The molecule has 4 rings (SSSR count). The summed E-state index contributed by atoms with van der Waals surface area (Å²) in [6.07, 6.45) is 2.14. The van der Waals surface area contributed by atoms with Crippen LogP contribution in [0.5, 0.6) is 5.75 Å². The van der Waals surface area contributed by atoms with Crippen LogP contribution in [-0.2, 0) is 17.8 Å². The second-order valence-corrected chi connectivity index (χ2v) is 7.02. The van der Waals surface area contributed by atoms with Crippen LogP contribution >= 0.6 is 0 Å². The van der Waals surface area contributed by atoms with Crippen molar-refractivity contribution in [1.29, 1.82) is 0 Å². The number of hydrogen-bond donors (Lipinski definition) is 1. The molecular formula is C22H19N3O6.